The van der Waals surface area contributed by atoms with Gasteiger partial charge in [0, 0.05) is 0 Å². The van der Waals surface area contributed by atoms with Crippen LogP contribution in [-0.4, -0.2) is 4.57 Å². The molecule has 0 radical (unpaired) electrons. The van der Waals surface area contributed by atoms with Gasteiger partial charge in [0.25, 0.3) is 0 Å². The van der Waals surface area contributed by atoms with Crippen molar-refractivity contribution in [2.75, 3.05) is 0 Å². The van der Waals surface area contributed by atoms with Crippen molar-refractivity contribution in [3.8, 4) is 0 Å². The number of hydrogen-bond acceptors (Lipinski definition) is 0. The lowest BCUT2D eigenvalue weighted by Crippen LogP contribution is -2.34. The predicted molar refractivity (Wildman–Crippen MR) is 63.5 cm³/mol. The van der Waals surface area contributed by atoms with E-state index in [1.54, 1.807) is 0 Å². The molecule has 0 aromatic carbocycles. The highest BCUT2D eigenvalue weighted by Gasteiger charge is 2.09. The van der Waals surface area contributed by atoms with Crippen molar-refractivity contribution >= 4 is 0 Å². The minimum Gasteiger partial charge on any atom is -0.237 e. The second-order valence-corrected chi connectivity index (χ2v) is 4.83. The Hall–Kier alpha value is -0.790. The Morgan fingerprint density at radius 2 is 1.80 bits per heavy atom. The topological polar surface area (TPSA) is 8.81 Å². The Balaban J connectivity index is 2.49. The molecule has 15 heavy (non-hydrogen) atoms. The Bertz CT molecular complexity index is 251. The highest BCUT2D eigenvalue weighted by Crippen LogP contribution is 2.04. The van der Waals surface area contributed by atoms with Crippen LogP contribution in [0.25, 0.3) is 0 Å². The van der Waals surface area contributed by atoms with Crippen molar-refractivity contribution in [1.29, 1.82) is 0 Å². The highest BCUT2D eigenvalue weighted by atomic mass is 15.1. The van der Waals surface area contributed by atoms with Gasteiger partial charge in [-0.3, -0.25) is 0 Å². The van der Waals surface area contributed by atoms with Crippen molar-refractivity contribution in [1.82, 2.24) is 4.57 Å². The van der Waals surface area contributed by atoms with E-state index in [2.05, 4.69) is 55.6 Å². The molecule has 86 valence electrons. The molecule has 2 nitrogen and oxygen atoms in total. The molecule has 0 unspecified atom stereocenters. The van der Waals surface area contributed by atoms with Gasteiger partial charge in [-0.25, -0.2) is 9.13 Å². The molecular formula is C13H25N2+. The van der Waals surface area contributed by atoms with Crippen molar-refractivity contribution in [2.45, 2.75) is 53.6 Å². The number of hydrogen-bond donors (Lipinski definition) is 0. The number of imidazole rings is 1. The fraction of sp³-hybridized carbons (Fsp3) is 0.769. The molecule has 1 aromatic heterocycles. The number of rotatable bonds is 6. The van der Waals surface area contributed by atoms with Crippen molar-refractivity contribution < 1.29 is 4.57 Å². The molecule has 0 amide bonds. The van der Waals surface area contributed by atoms with E-state index in [1.807, 2.05) is 0 Å². The van der Waals surface area contributed by atoms with Crippen LogP contribution in [0.5, 0.6) is 0 Å². The molecule has 0 spiro atoms. The summed E-state index contributed by atoms with van der Waals surface area (Å²) in [4.78, 5) is 0. The van der Waals surface area contributed by atoms with E-state index in [0.29, 0.717) is 0 Å². The summed E-state index contributed by atoms with van der Waals surface area (Å²) in [6.45, 7) is 11.4. The van der Waals surface area contributed by atoms with Crippen LogP contribution in [0.4, 0.5) is 0 Å². The second kappa shape index (κ2) is 5.94. The molecule has 0 saturated carbocycles. The summed E-state index contributed by atoms with van der Waals surface area (Å²) < 4.78 is 4.60. The molecule has 0 bridgehead atoms. The monoisotopic (exact) mass is 209 g/mol. The summed E-state index contributed by atoms with van der Waals surface area (Å²) in [5, 5.41) is 0. The summed E-state index contributed by atoms with van der Waals surface area (Å²) in [5.74, 6) is 1.55. The Morgan fingerprint density at radius 3 is 2.40 bits per heavy atom. The first-order chi connectivity index (χ1) is 7.15. The molecule has 0 aliphatic carbocycles. The molecule has 1 heterocycles. The average Bonchev–Trinajstić information content (AvgIpc) is 2.65. The van der Waals surface area contributed by atoms with Crippen LogP contribution < -0.4 is 4.57 Å². The maximum absolute atomic E-state index is 2.30. The number of nitrogens with zero attached hydrogens (tertiary/aromatic N) is 2. The lowest BCUT2D eigenvalue weighted by molar-refractivity contribution is -0.702. The summed E-state index contributed by atoms with van der Waals surface area (Å²) >= 11 is 0. The Kier molecular flexibility index (Phi) is 4.86. The van der Waals surface area contributed by atoms with Gasteiger partial charge in [0.2, 0.25) is 6.33 Å². The number of aromatic nitrogens is 2. The van der Waals surface area contributed by atoms with Gasteiger partial charge in [0.15, 0.2) is 0 Å². The molecule has 0 aliphatic heterocycles. The summed E-state index contributed by atoms with van der Waals surface area (Å²) in [5.41, 5.74) is 0. The van der Waals surface area contributed by atoms with E-state index in [-0.39, 0.29) is 0 Å². The van der Waals surface area contributed by atoms with Gasteiger partial charge in [-0.2, -0.15) is 0 Å². The van der Waals surface area contributed by atoms with Gasteiger partial charge in [-0.1, -0.05) is 27.7 Å². The molecular weight excluding hydrogens is 184 g/mol. The normalized spacial score (nSPS) is 15.2. The minimum atomic E-state index is 0.773. The van der Waals surface area contributed by atoms with Crippen molar-refractivity contribution in [2.24, 2.45) is 11.8 Å². The van der Waals surface area contributed by atoms with Gasteiger partial charge < -0.3 is 0 Å². The third-order valence-electron chi connectivity index (χ3n) is 3.19. The first-order valence-corrected chi connectivity index (χ1v) is 6.20. The van der Waals surface area contributed by atoms with E-state index < -0.39 is 0 Å². The third kappa shape index (κ3) is 4.06. The average molecular weight is 209 g/mol. The van der Waals surface area contributed by atoms with Crippen LogP contribution in [-0.2, 0) is 13.1 Å². The van der Waals surface area contributed by atoms with Crippen LogP contribution in [0, 0.1) is 11.8 Å². The van der Waals surface area contributed by atoms with Gasteiger partial charge in [-0.15, -0.1) is 0 Å². The maximum Gasteiger partial charge on any atom is 0.243 e. The van der Waals surface area contributed by atoms with Gasteiger partial charge in [-0.05, 0) is 24.7 Å². The minimum absolute atomic E-state index is 0.773. The lowest BCUT2D eigenvalue weighted by atomic mass is 10.1. The van der Waals surface area contributed by atoms with Gasteiger partial charge in [0.05, 0.1) is 13.1 Å². The van der Waals surface area contributed by atoms with E-state index in [4.69, 9.17) is 0 Å². The first-order valence-electron chi connectivity index (χ1n) is 6.20. The zero-order chi connectivity index (χ0) is 11.3. The maximum atomic E-state index is 2.30. The molecule has 0 aliphatic rings. The van der Waals surface area contributed by atoms with Crippen molar-refractivity contribution in [3.05, 3.63) is 18.7 Å². The van der Waals surface area contributed by atoms with Gasteiger partial charge >= 0.3 is 0 Å². The molecule has 2 heteroatoms. The Morgan fingerprint density at radius 1 is 1.13 bits per heavy atom. The zero-order valence-electron chi connectivity index (χ0n) is 10.6. The molecule has 2 atom stereocenters. The van der Waals surface area contributed by atoms with E-state index in [9.17, 15) is 0 Å². The highest BCUT2D eigenvalue weighted by molar-refractivity contribution is 4.68. The SMILES string of the molecule is CC[C@H](C)Cn1cc[n+](C[C@@H](C)CC)c1. The Labute approximate surface area is 93.9 Å². The molecule has 0 saturated heterocycles. The largest absolute Gasteiger partial charge is 0.243 e. The lowest BCUT2D eigenvalue weighted by Gasteiger charge is -2.05. The van der Waals surface area contributed by atoms with Crippen LogP contribution >= 0.6 is 0 Å². The van der Waals surface area contributed by atoms with Crippen LogP contribution in [0.3, 0.4) is 0 Å². The fourth-order valence-corrected chi connectivity index (χ4v) is 1.63. The molecule has 0 fully saturated rings. The predicted octanol–water partition coefficient (Wildman–Crippen LogP) is 2.87. The van der Waals surface area contributed by atoms with Crippen LogP contribution in [0.15, 0.2) is 18.7 Å². The molecule has 0 N–H and O–H groups in total. The summed E-state index contributed by atoms with van der Waals surface area (Å²) in [7, 11) is 0. The van der Waals surface area contributed by atoms with Crippen LogP contribution in [0.1, 0.15) is 40.5 Å². The molecule has 1 aromatic rings. The standard InChI is InChI=1S/C13H25N2/c1-5-12(3)9-14-7-8-15(11-14)10-13(4)6-2/h7-8,11-13H,5-6,9-10H2,1-4H3/q+1/t12-,13-/m0/s1. The van der Waals surface area contributed by atoms with E-state index in [1.165, 1.54) is 12.8 Å². The summed E-state index contributed by atoms with van der Waals surface area (Å²) in [6.07, 6.45) is 9.12. The first kappa shape index (κ1) is 12.3. The van der Waals surface area contributed by atoms with Crippen molar-refractivity contribution in [3.63, 3.8) is 0 Å². The van der Waals surface area contributed by atoms with Gasteiger partial charge in [0.1, 0.15) is 12.4 Å². The smallest absolute Gasteiger partial charge is 0.237 e. The summed E-state index contributed by atoms with van der Waals surface area (Å²) in [6, 6.07) is 0. The second-order valence-electron chi connectivity index (χ2n) is 4.83. The van der Waals surface area contributed by atoms with E-state index in [0.717, 1.165) is 24.9 Å². The van der Waals surface area contributed by atoms with E-state index >= 15 is 0 Å². The third-order valence-corrected chi connectivity index (χ3v) is 3.19. The fourth-order valence-electron chi connectivity index (χ4n) is 1.63. The zero-order valence-corrected chi connectivity index (χ0v) is 10.6. The molecule has 1 rings (SSSR count). The quantitative estimate of drug-likeness (QED) is 0.637. The van der Waals surface area contributed by atoms with Crippen LogP contribution in [0.2, 0.25) is 0 Å².